The SMILES string of the molecule is CC(CN)C(=O)Nc1ccc2cn[nH]c2c1. The van der Waals surface area contributed by atoms with E-state index in [-0.39, 0.29) is 11.8 Å². The predicted molar refractivity (Wildman–Crippen MR) is 62.9 cm³/mol. The molecular weight excluding hydrogens is 204 g/mol. The van der Waals surface area contributed by atoms with Crippen molar-refractivity contribution < 1.29 is 4.79 Å². The van der Waals surface area contributed by atoms with E-state index < -0.39 is 0 Å². The topological polar surface area (TPSA) is 83.8 Å². The van der Waals surface area contributed by atoms with E-state index in [4.69, 9.17) is 5.73 Å². The van der Waals surface area contributed by atoms with Gasteiger partial charge >= 0.3 is 0 Å². The van der Waals surface area contributed by atoms with Gasteiger partial charge in [0.1, 0.15) is 0 Å². The van der Waals surface area contributed by atoms with Gasteiger partial charge in [-0.1, -0.05) is 6.92 Å². The van der Waals surface area contributed by atoms with Crippen LogP contribution in [-0.4, -0.2) is 22.6 Å². The molecule has 5 nitrogen and oxygen atoms in total. The summed E-state index contributed by atoms with van der Waals surface area (Å²) in [6.07, 6.45) is 1.74. The van der Waals surface area contributed by atoms with Crippen molar-refractivity contribution in [2.45, 2.75) is 6.92 Å². The van der Waals surface area contributed by atoms with Gasteiger partial charge in [0.2, 0.25) is 5.91 Å². The third kappa shape index (κ3) is 2.04. The Kier molecular flexibility index (Phi) is 2.87. The summed E-state index contributed by atoms with van der Waals surface area (Å²) in [6, 6.07) is 5.60. The summed E-state index contributed by atoms with van der Waals surface area (Å²) in [5, 5.41) is 10.6. The maximum atomic E-state index is 11.6. The lowest BCUT2D eigenvalue weighted by Gasteiger charge is -2.09. The number of benzene rings is 1. The van der Waals surface area contributed by atoms with Crippen LogP contribution in [0.3, 0.4) is 0 Å². The second kappa shape index (κ2) is 4.32. The molecular formula is C11H14N4O. The Hall–Kier alpha value is -1.88. The molecule has 16 heavy (non-hydrogen) atoms. The molecule has 1 aromatic carbocycles. The van der Waals surface area contributed by atoms with Crippen LogP contribution in [0.5, 0.6) is 0 Å². The Balaban J connectivity index is 2.17. The maximum Gasteiger partial charge on any atom is 0.228 e. The van der Waals surface area contributed by atoms with E-state index in [0.717, 1.165) is 16.6 Å². The van der Waals surface area contributed by atoms with E-state index in [1.165, 1.54) is 0 Å². The number of aromatic amines is 1. The van der Waals surface area contributed by atoms with Gasteiger partial charge in [-0.2, -0.15) is 5.10 Å². The molecule has 1 aromatic heterocycles. The minimum atomic E-state index is -0.183. The Morgan fingerprint density at radius 1 is 1.62 bits per heavy atom. The molecule has 4 N–H and O–H groups in total. The number of nitrogens with two attached hydrogens (primary N) is 1. The first-order valence-electron chi connectivity index (χ1n) is 5.15. The lowest BCUT2D eigenvalue weighted by atomic mass is 10.1. The molecule has 0 aliphatic rings. The number of anilines is 1. The number of aromatic nitrogens is 2. The van der Waals surface area contributed by atoms with Gasteiger partial charge in [0.25, 0.3) is 0 Å². The molecule has 5 heteroatoms. The number of carbonyl (C=O) groups is 1. The molecule has 0 aliphatic heterocycles. The van der Waals surface area contributed by atoms with Crippen LogP contribution in [0.2, 0.25) is 0 Å². The molecule has 2 aromatic rings. The van der Waals surface area contributed by atoms with Crippen molar-refractivity contribution in [2.75, 3.05) is 11.9 Å². The monoisotopic (exact) mass is 218 g/mol. The highest BCUT2D eigenvalue weighted by Gasteiger charge is 2.10. The predicted octanol–water partition coefficient (Wildman–Crippen LogP) is 1.10. The number of nitrogens with one attached hydrogen (secondary N) is 2. The van der Waals surface area contributed by atoms with E-state index in [1.54, 1.807) is 13.1 Å². The molecule has 0 saturated carbocycles. The Bertz CT molecular complexity index is 505. The smallest absolute Gasteiger partial charge is 0.228 e. The molecule has 2 rings (SSSR count). The summed E-state index contributed by atoms with van der Waals surface area (Å²) < 4.78 is 0. The number of carbonyl (C=O) groups excluding carboxylic acids is 1. The Morgan fingerprint density at radius 2 is 2.44 bits per heavy atom. The summed E-state index contributed by atoms with van der Waals surface area (Å²) in [5.74, 6) is -0.251. The van der Waals surface area contributed by atoms with Crippen LogP contribution in [-0.2, 0) is 4.79 Å². The third-order valence-corrected chi connectivity index (χ3v) is 2.51. The summed E-state index contributed by atoms with van der Waals surface area (Å²) in [7, 11) is 0. The minimum Gasteiger partial charge on any atom is -0.330 e. The van der Waals surface area contributed by atoms with Crippen LogP contribution in [0.1, 0.15) is 6.92 Å². The fourth-order valence-electron chi connectivity index (χ4n) is 1.39. The van der Waals surface area contributed by atoms with Crippen molar-refractivity contribution in [3.05, 3.63) is 24.4 Å². The van der Waals surface area contributed by atoms with Crippen LogP contribution in [0.25, 0.3) is 10.9 Å². The van der Waals surface area contributed by atoms with Crippen molar-refractivity contribution in [3.8, 4) is 0 Å². The highest BCUT2D eigenvalue weighted by Crippen LogP contribution is 2.16. The van der Waals surface area contributed by atoms with Crippen LogP contribution < -0.4 is 11.1 Å². The number of nitrogens with zero attached hydrogens (tertiary/aromatic N) is 1. The highest BCUT2D eigenvalue weighted by molar-refractivity contribution is 5.94. The third-order valence-electron chi connectivity index (χ3n) is 2.51. The van der Waals surface area contributed by atoms with E-state index in [9.17, 15) is 4.79 Å². The second-order valence-electron chi connectivity index (χ2n) is 3.80. The van der Waals surface area contributed by atoms with E-state index in [0.29, 0.717) is 6.54 Å². The van der Waals surface area contributed by atoms with E-state index in [1.807, 2.05) is 18.2 Å². The van der Waals surface area contributed by atoms with Crippen LogP contribution in [0.4, 0.5) is 5.69 Å². The Morgan fingerprint density at radius 3 is 3.19 bits per heavy atom. The number of amides is 1. The van der Waals surface area contributed by atoms with Crippen molar-refractivity contribution in [2.24, 2.45) is 11.7 Å². The van der Waals surface area contributed by atoms with Gasteiger partial charge < -0.3 is 11.1 Å². The molecule has 1 atom stereocenters. The molecule has 1 amide bonds. The van der Waals surface area contributed by atoms with Gasteiger partial charge in [0.15, 0.2) is 0 Å². The highest BCUT2D eigenvalue weighted by atomic mass is 16.1. The molecule has 0 aliphatic carbocycles. The average molecular weight is 218 g/mol. The molecule has 1 heterocycles. The molecule has 1 unspecified atom stereocenters. The molecule has 0 fully saturated rings. The molecule has 0 radical (unpaired) electrons. The first-order chi connectivity index (χ1) is 7.70. The zero-order valence-corrected chi connectivity index (χ0v) is 9.03. The van der Waals surface area contributed by atoms with Crippen molar-refractivity contribution in [1.29, 1.82) is 0 Å². The average Bonchev–Trinajstić information content (AvgIpc) is 2.75. The first kappa shape index (κ1) is 10.6. The maximum absolute atomic E-state index is 11.6. The number of hydrogen-bond donors (Lipinski definition) is 3. The fraction of sp³-hybridized carbons (Fsp3) is 0.273. The first-order valence-corrected chi connectivity index (χ1v) is 5.15. The summed E-state index contributed by atoms with van der Waals surface area (Å²) in [6.45, 7) is 2.14. The summed E-state index contributed by atoms with van der Waals surface area (Å²) in [5.41, 5.74) is 7.08. The van der Waals surface area contributed by atoms with Gasteiger partial charge in [-0.05, 0) is 18.2 Å². The second-order valence-corrected chi connectivity index (χ2v) is 3.80. The molecule has 0 spiro atoms. The van der Waals surface area contributed by atoms with Gasteiger partial charge in [-0.25, -0.2) is 0 Å². The van der Waals surface area contributed by atoms with E-state index >= 15 is 0 Å². The van der Waals surface area contributed by atoms with Gasteiger partial charge in [-0.3, -0.25) is 9.89 Å². The molecule has 84 valence electrons. The quantitative estimate of drug-likeness (QED) is 0.721. The van der Waals surface area contributed by atoms with Gasteiger partial charge in [0, 0.05) is 23.5 Å². The lowest BCUT2D eigenvalue weighted by Crippen LogP contribution is -2.26. The normalized spacial score (nSPS) is 12.6. The number of rotatable bonds is 3. The van der Waals surface area contributed by atoms with Gasteiger partial charge in [-0.15, -0.1) is 0 Å². The molecule has 0 saturated heterocycles. The summed E-state index contributed by atoms with van der Waals surface area (Å²) >= 11 is 0. The van der Waals surface area contributed by atoms with Crippen molar-refractivity contribution in [1.82, 2.24) is 10.2 Å². The summed E-state index contributed by atoms with van der Waals surface area (Å²) in [4.78, 5) is 11.6. The van der Waals surface area contributed by atoms with Crippen molar-refractivity contribution in [3.63, 3.8) is 0 Å². The zero-order chi connectivity index (χ0) is 11.5. The number of H-pyrrole nitrogens is 1. The van der Waals surface area contributed by atoms with Crippen LogP contribution >= 0.6 is 0 Å². The lowest BCUT2D eigenvalue weighted by molar-refractivity contribution is -0.119. The number of fused-ring (bicyclic) bond motifs is 1. The van der Waals surface area contributed by atoms with Crippen molar-refractivity contribution >= 4 is 22.5 Å². The standard InChI is InChI=1S/C11H14N4O/c1-7(5-12)11(16)14-9-3-2-8-6-13-15-10(8)4-9/h2-4,6-7H,5,12H2,1H3,(H,13,15)(H,14,16). The number of hydrogen-bond acceptors (Lipinski definition) is 3. The van der Waals surface area contributed by atoms with E-state index in [2.05, 4.69) is 15.5 Å². The van der Waals surface area contributed by atoms with Gasteiger partial charge in [0.05, 0.1) is 11.7 Å². The minimum absolute atomic E-state index is 0.0682. The van der Waals surface area contributed by atoms with Crippen LogP contribution in [0, 0.1) is 5.92 Å². The van der Waals surface area contributed by atoms with Crippen LogP contribution in [0.15, 0.2) is 24.4 Å². The Labute approximate surface area is 93.0 Å². The molecule has 0 bridgehead atoms. The zero-order valence-electron chi connectivity index (χ0n) is 9.03. The fourth-order valence-corrected chi connectivity index (χ4v) is 1.39. The largest absolute Gasteiger partial charge is 0.330 e.